The molecule has 0 aliphatic rings. The van der Waals surface area contributed by atoms with Gasteiger partial charge in [0.15, 0.2) is 5.89 Å². The smallest absolute Gasteiger partial charge is 0.240 e. The number of nitrogens with zero attached hydrogens (tertiary/aromatic N) is 3. The number of rotatable bonds is 7. The van der Waals surface area contributed by atoms with Crippen LogP contribution < -0.4 is 4.72 Å². The third-order valence-electron chi connectivity index (χ3n) is 4.39. The van der Waals surface area contributed by atoms with Gasteiger partial charge < -0.3 is 4.42 Å². The van der Waals surface area contributed by atoms with Crippen LogP contribution in [0.25, 0.3) is 21.7 Å². The van der Waals surface area contributed by atoms with E-state index in [2.05, 4.69) is 14.8 Å². The van der Waals surface area contributed by atoms with E-state index in [9.17, 15) is 8.42 Å². The van der Waals surface area contributed by atoms with E-state index in [-0.39, 0.29) is 4.90 Å². The number of hydrogen-bond acceptors (Lipinski definition) is 6. The highest BCUT2D eigenvalue weighted by atomic mass is 32.2. The van der Waals surface area contributed by atoms with Crippen LogP contribution in [0, 0.1) is 6.92 Å². The molecule has 0 aliphatic carbocycles. The van der Waals surface area contributed by atoms with Crippen molar-refractivity contribution in [3.8, 4) is 21.7 Å². The number of aryl methyl sites for hydroxylation is 2. The zero-order chi connectivity index (χ0) is 20.4. The quantitative estimate of drug-likeness (QED) is 0.485. The van der Waals surface area contributed by atoms with Crippen LogP contribution in [0.2, 0.25) is 0 Å². The van der Waals surface area contributed by atoms with Crippen molar-refractivity contribution in [1.29, 1.82) is 0 Å². The molecule has 0 saturated carbocycles. The van der Waals surface area contributed by atoms with Gasteiger partial charge in [0.05, 0.1) is 11.1 Å². The minimum atomic E-state index is -3.57. The first kappa shape index (κ1) is 19.6. The minimum absolute atomic E-state index is 0.226. The van der Waals surface area contributed by atoms with Gasteiger partial charge in [-0.1, -0.05) is 12.1 Å². The first-order valence-corrected chi connectivity index (χ1v) is 11.3. The molecule has 0 saturated heterocycles. The van der Waals surface area contributed by atoms with Crippen molar-refractivity contribution in [1.82, 2.24) is 19.5 Å². The summed E-state index contributed by atoms with van der Waals surface area (Å²) >= 11 is 1.64. The van der Waals surface area contributed by atoms with Gasteiger partial charge in [-0.2, -0.15) is 5.10 Å². The van der Waals surface area contributed by atoms with E-state index in [1.807, 2.05) is 31.6 Å². The molecule has 1 N–H and O–H groups in total. The summed E-state index contributed by atoms with van der Waals surface area (Å²) in [5.74, 6) is 0.568. The molecule has 0 amide bonds. The van der Waals surface area contributed by atoms with Crippen LogP contribution in [0.5, 0.6) is 0 Å². The van der Waals surface area contributed by atoms with Crippen molar-refractivity contribution < 1.29 is 12.8 Å². The lowest BCUT2D eigenvalue weighted by molar-refractivity contribution is 0.521. The van der Waals surface area contributed by atoms with E-state index in [1.54, 1.807) is 53.5 Å². The molecule has 3 aromatic heterocycles. The van der Waals surface area contributed by atoms with Gasteiger partial charge in [-0.3, -0.25) is 4.68 Å². The van der Waals surface area contributed by atoms with E-state index in [4.69, 9.17) is 4.42 Å². The van der Waals surface area contributed by atoms with Gasteiger partial charge in [0.25, 0.3) is 0 Å². The van der Waals surface area contributed by atoms with Crippen LogP contribution in [-0.4, -0.2) is 29.7 Å². The SMILES string of the molecule is Cc1nc(-c2ccc(S(=O)(=O)NCCc3ccc(-c4cnn(C)c4)s3)cc2)co1. The maximum Gasteiger partial charge on any atom is 0.240 e. The van der Waals surface area contributed by atoms with E-state index in [0.717, 1.165) is 20.9 Å². The Morgan fingerprint density at radius 3 is 2.59 bits per heavy atom. The largest absolute Gasteiger partial charge is 0.449 e. The topological polar surface area (TPSA) is 90.0 Å². The standard InChI is InChI=1S/C20H20N4O3S2/c1-14-23-19(13-27-14)15-3-6-18(7-4-15)29(25,26)22-10-9-17-5-8-20(28-17)16-11-21-24(2)12-16/h3-8,11-13,22H,9-10H2,1-2H3. The zero-order valence-electron chi connectivity index (χ0n) is 16.0. The predicted octanol–water partition coefficient (Wildman–Crippen LogP) is 3.63. The summed E-state index contributed by atoms with van der Waals surface area (Å²) in [4.78, 5) is 6.71. The number of oxazole rings is 1. The Hall–Kier alpha value is -2.75. The summed E-state index contributed by atoms with van der Waals surface area (Å²) in [7, 11) is -1.69. The van der Waals surface area contributed by atoms with Crippen molar-refractivity contribution in [2.75, 3.05) is 6.54 Å². The van der Waals surface area contributed by atoms with Gasteiger partial charge in [0.1, 0.15) is 12.0 Å². The summed E-state index contributed by atoms with van der Waals surface area (Å²) in [5.41, 5.74) is 2.55. The highest BCUT2D eigenvalue weighted by Gasteiger charge is 2.14. The van der Waals surface area contributed by atoms with Crippen LogP contribution in [0.4, 0.5) is 0 Å². The number of benzene rings is 1. The third-order valence-corrected chi connectivity index (χ3v) is 7.06. The highest BCUT2D eigenvalue weighted by molar-refractivity contribution is 7.89. The van der Waals surface area contributed by atoms with Gasteiger partial charge in [0, 0.05) is 47.6 Å². The average molecular weight is 429 g/mol. The van der Waals surface area contributed by atoms with Crippen molar-refractivity contribution in [2.45, 2.75) is 18.2 Å². The van der Waals surface area contributed by atoms with Crippen molar-refractivity contribution in [3.05, 3.63) is 65.8 Å². The molecule has 0 aliphatic heterocycles. The maximum absolute atomic E-state index is 12.6. The zero-order valence-corrected chi connectivity index (χ0v) is 17.6. The molecular weight excluding hydrogens is 408 g/mol. The minimum Gasteiger partial charge on any atom is -0.449 e. The normalized spacial score (nSPS) is 11.8. The van der Waals surface area contributed by atoms with E-state index in [0.29, 0.717) is 24.6 Å². The molecule has 0 bridgehead atoms. The van der Waals surface area contributed by atoms with Crippen LogP contribution >= 0.6 is 11.3 Å². The first-order chi connectivity index (χ1) is 13.9. The molecule has 4 aromatic rings. The second-order valence-corrected chi connectivity index (χ2v) is 9.53. The molecule has 9 heteroatoms. The van der Waals surface area contributed by atoms with Crippen LogP contribution in [-0.2, 0) is 23.5 Å². The van der Waals surface area contributed by atoms with E-state index >= 15 is 0 Å². The summed E-state index contributed by atoms with van der Waals surface area (Å²) in [6.45, 7) is 2.10. The molecule has 0 fully saturated rings. The molecular formula is C20H20N4O3S2. The van der Waals surface area contributed by atoms with Crippen LogP contribution in [0.1, 0.15) is 10.8 Å². The molecule has 0 radical (unpaired) electrons. The van der Waals surface area contributed by atoms with Crippen molar-refractivity contribution >= 4 is 21.4 Å². The fraction of sp³-hybridized carbons (Fsp3) is 0.200. The fourth-order valence-electron chi connectivity index (χ4n) is 2.91. The molecule has 7 nitrogen and oxygen atoms in total. The lowest BCUT2D eigenvalue weighted by Crippen LogP contribution is -2.25. The molecule has 0 spiro atoms. The number of thiophene rings is 1. The molecule has 0 unspecified atom stereocenters. The van der Waals surface area contributed by atoms with Crippen LogP contribution in [0.3, 0.4) is 0 Å². The lowest BCUT2D eigenvalue weighted by atomic mass is 10.2. The number of nitrogens with one attached hydrogen (secondary N) is 1. The molecule has 150 valence electrons. The molecule has 4 rings (SSSR count). The van der Waals surface area contributed by atoms with Crippen molar-refractivity contribution in [2.24, 2.45) is 7.05 Å². The summed E-state index contributed by atoms with van der Waals surface area (Å²) in [5, 5.41) is 4.18. The van der Waals surface area contributed by atoms with Gasteiger partial charge in [0.2, 0.25) is 10.0 Å². The average Bonchev–Trinajstić information content (AvgIpc) is 3.43. The number of hydrogen-bond donors (Lipinski definition) is 1. The predicted molar refractivity (Wildman–Crippen MR) is 112 cm³/mol. The Morgan fingerprint density at radius 1 is 1.14 bits per heavy atom. The van der Waals surface area contributed by atoms with Gasteiger partial charge in [-0.05, 0) is 30.7 Å². The Labute approximate surface area is 173 Å². The number of sulfonamides is 1. The molecule has 1 aromatic carbocycles. The Balaban J connectivity index is 1.37. The second kappa shape index (κ2) is 7.94. The Bertz CT molecular complexity index is 1220. The van der Waals surface area contributed by atoms with E-state index in [1.165, 1.54) is 0 Å². The number of aromatic nitrogens is 3. The summed E-state index contributed by atoms with van der Waals surface area (Å²) in [6.07, 6.45) is 5.96. The summed E-state index contributed by atoms with van der Waals surface area (Å²) < 4.78 is 34.7. The van der Waals surface area contributed by atoms with Gasteiger partial charge in [-0.25, -0.2) is 18.1 Å². The molecule has 3 heterocycles. The fourth-order valence-corrected chi connectivity index (χ4v) is 4.92. The molecule has 29 heavy (non-hydrogen) atoms. The van der Waals surface area contributed by atoms with Gasteiger partial charge in [-0.15, -0.1) is 11.3 Å². The Morgan fingerprint density at radius 2 is 1.93 bits per heavy atom. The summed E-state index contributed by atoms with van der Waals surface area (Å²) in [6, 6.07) is 10.7. The third kappa shape index (κ3) is 4.47. The van der Waals surface area contributed by atoms with E-state index < -0.39 is 10.0 Å². The second-order valence-electron chi connectivity index (χ2n) is 6.59. The monoisotopic (exact) mass is 428 g/mol. The lowest BCUT2D eigenvalue weighted by Gasteiger charge is -2.06. The van der Waals surface area contributed by atoms with Crippen LogP contribution in [0.15, 0.2) is 64.4 Å². The first-order valence-electron chi connectivity index (χ1n) is 9.01. The Kier molecular flexibility index (Phi) is 5.35. The highest BCUT2D eigenvalue weighted by Crippen LogP contribution is 2.28. The maximum atomic E-state index is 12.6. The van der Waals surface area contributed by atoms with Gasteiger partial charge >= 0.3 is 0 Å². The van der Waals surface area contributed by atoms with Crippen molar-refractivity contribution in [3.63, 3.8) is 0 Å². The molecule has 0 atom stereocenters.